The van der Waals surface area contributed by atoms with Gasteiger partial charge in [-0.3, -0.25) is 0 Å². The molecule has 1 aromatic rings. The molecule has 4 N–H and O–H groups in total. The Hall–Kier alpha value is -2.16. The van der Waals surface area contributed by atoms with Crippen molar-refractivity contribution in [2.45, 2.75) is 96.6 Å². The van der Waals surface area contributed by atoms with Crippen molar-refractivity contribution in [2.75, 3.05) is 0 Å². The van der Waals surface area contributed by atoms with Gasteiger partial charge in [0, 0.05) is 22.4 Å². The third-order valence-corrected chi connectivity index (χ3v) is 14.2. The molecule has 9 rings (SSSR count). The molecule has 8 aliphatic rings. The van der Waals surface area contributed by atoms with Gasteiger partial charge < -0.3 is 11.5 Å². The number of benzene rings is 1. The SMILES string of the molecule is C=CC(=C)C12CC(N)CC1CC1C2(C)CCC2C34C=CC(=C)C=C3CCC124.CC.NC12CC1(Cc1ccccc1)C2. The first-order valence-electron chi connectivity index (χ1n) is 16.6. The molecular weight excluding hydrogens is 496 g/mol. The van der Waals surface area contributed by atoms with Crippen molar-refractivity contribution in [1.82, 2.24) is 0 Å². The highest BCUT2D eigenvalue weighted by Crippen LogP contribution is 2.92. The summed E-state index contributed by atoms with van der Waals surface area (Å²) in [6, 6.07) is 11.0. The molecule has 0 aromatic heterocycles. The van der Waals surface area contributed by atoms with Crippen LogP contribution in [0.3, 0.4) is 0 Å². The van der Waals surface area contributed by atoms with Crippen molar-refractivity contribution < 1.29 is 0 Å². The lowest BCUT2D eigenvalue weighted by atomic mass is 9.51. The van der Waals surface area contributed by atoms with Crippen molar-refractivity contribution >= 4 is 0 Å². The van der Waals surface area contributed by atoms with Crippen LogP contribution in [0.4, 0.5) is 0 Å². The van der Waals surface area contributed by atoms with Gasteiger partial charge in [-0.25, -0.2) is 0 Å². The second kappa shape index (κ2) is 8.70. The Morgan fingerprint density at radius 1 is 1.07 bits per heavy atom. The van der Waals surface area contributed by atoms with Gasteiger partial charge in [0.2, 0.25) is 0 Å². The molecule has 0 saturated heterocycles. The minimum Gasteiger partial charge on any atom is -0.328 e. The Kier molecular flexibility index (Phi) is 5.87. The normalized spacial score (nSPS) is 49.7. The lowest BCUT2D eigenvalue weighted by molar-refractivity contribution is -0.00568. The van der Waals surface area contributed by atoms with Gasteiger partial charge in [0.25, 0.3) is 0 Å². The molecule has 1 aromatic carbocycles. The van der Waals surface area contributed by atoms with Gasteiger partial charge in [0.15, 0.2) is 0 Å². The largest absolute Gasteiger partial charge is 0.328 e. The van der Waals surface area contributed by atoms with E-state index in [2.05, 4.69) is 81.3 Å². The minimum atomic E-state index is 0.191. The average Bonchev–Trinajstić information content (AvgIpc) is 3.73. The summed E-state index contributed by atoms with van der Waals surface area (Å²) in [4.78, 5) is 0. The summed E-state index contributed by atoms with van der Waals surface area (Å²) in [6.07, 6.45) is 22.2. The first-order valence-corrected chi connectivity index (χ1v) is 16.6. The Balaban J connectivity index is 0.000000164. The van der Waals surface area contributed by atoms with E-state index < -0.39 is 0 Å². The van der Waals surface area contributed by atoms with Crippen LogP contribution in [0.5, 0.6) is 0 Å². The van der Waals surface area contributed by atoms with Crippen LogP contribution in [0.2, 0.25) is 0 Å². The molecule has 0 aliphatic heterocycles. The molecule has 218 valence electrons. The van der Waals surface area contributed by atoms with Crippen molar-refractivity contribution in [3.8, 4) is 0 Å². The van der Waals surface area contributed by atoms with Crippen LogP contribution in [-0.4, -0.2) is 11.6 Å². The van der Waals surface area contributed by atoms with Crippen LogP contribution in [-0.2, 0) is 6.42 Å². The monoisotopic (exact) mass is 548 g/mol. The van der Waals surface area contributed by atoms with Crippen LogP contribution < -0.4 is 11.5 Å². The van der Waals surface area contributed by atoms with Crippen LogP contribution in [0, 0.1) is 44.8 Å². The van der Waals surface area contributed by atoms with E-state index in [1.807, 2.05) is 13.8 Å². The van der Waals surface area contributed by atoms with Crippen LogP contribution >= 0.6 is 0 Å². The number of fused-ring (bicyclic) bond motifs is 4. The average molecular weight is 549 g/mol. The summed E-state index contributed by atoms with van der Waals surface area (Å²) in [7, 11) is 0. The molecule has 0 heterocycles. The Labute approximate surface area is 249 Å². The van der Waals surface area contributed by atoms with Crippen molar-refractivity contribution in [3.63, 3.8) is 0 Å². The topological polar surface area (TPSA) is 52.0 Å². The zero-order chi connectivity index (χ0) is 29.1. The molecule has 2 spiro atoms. The molecular formula is C39H52N2. The van der Waals surface area contributed by atoms with E-state index in [4.69, 9.17) is 11.5 Å². The molecule has 2 heteroatoms. The van der Waals surface area contributed by atoms with E-state index in [9.17, 15) is 0 Å². The van der Waals surface area contributed by atoms with Crippen molar-refractivity contribution in [2.24, 2.45) is 56.3 Å². The van der Waals surface area contributed by atoms with E-state index in [-0.39, 0.29) is 11.0 Å². The summed E-state index contributed by atoms with van der Waals surface area (Å²) in [5.74, 6) is 2.38. The van der Waals surface area contributed by atoms with Gasteiger partial charge in [-0.1, -0.05) is 101 Å². The van der Waals surface area contributed by atoms with E-state index in [0.29, 0.717) is 33.6 Å². The molecule has 0 radical (unpaired) electrons. The third-order valence-electron chi connectivity index (χ3n) is 14.2. The second-order valence-corrected chi connectivity index (χ2v) is 15.3. The molecule has 7 saturated carbocycles. The predicted molar refractivity (Wildman–Crippen MR) is 172 cm³/mol. The minimum absolute atomic E-state index is 0.191. The zero-order valence-electron chi connectivity index (χ0n) is 25.9. The maximum atomic E-state index is 6.55. The first-order chi connectivity index (χ1) is 19.6. The molecule has 0 amide bonds. The lowest BCUT2D eigenvalue weighted by Gasteiger charge is -2.52. The molecule has 0 bridgehead atoms. The standard InChI is InChI=1S/C26H33N.C11H13N.C2H6/c1-5-17(3)26-15-20(27)13-19(26)14-22-23(26,4)9-8-21-24-10-6-16(2)12-18(24)7-11-25(21,22)24;12-11-7-10(11,8-11)6-9-4-2-1-3-5-9;1-2/h5-6,10,12,19-22H,1-3,7-9,11,13-15,27H2,4H3;1-5H,6-8,12H2;1-2H3. The number of nitrogens with two attached hydrogens (primary N) is 2. The summed E-state index contributed by atoms with van der Waals surface area (Å²) in [6.45, 7) is 19.6. The van der Waals surface area contributed by atoms with Crippen molar-refractivity contribution in [3.05, 3.63) is 96.7 Å². The fourth-order valence-corrected chi connectivity index (χ4v) is 12.4. The van der Waals surface area contributed by atoms with Gasteiger partial charge in [0.1, 0.15) is 0 Å². The van der Waals surface area contributed by atoms with Crippen LogP contribution in [0.1, 0.15) is 84.1 Å². The summed E-state index contributed by atoms with van der Waals surface area (Å²) < 4.78 is 0. The molecule has 2 nitrogen and oxygen atoms in total. The molecule has 8 unspecified atom stereocenters. The molecule has 7 fully saturated rings. The summed E-state index contributed by atoms with van der Waals surface area (Å²) in [5, 5.41) is 0. The highest BCUT2D eigenvalue weighted by atomic mass is 15.0. The van der Waals surface area contributed by atoms with E-state index in [0.717, 1.165) is 18.3 Å². The van der Waals surface area contributed by atoms with Gasteiger partial charge in [-0.05, 0) is 115 Å². The van der Waals surface area contributed by atoms with Gasteiger partial charge in [0.05, 0.1) is 0 Å². The van der Waals surface area contributed by atoms with E-state index in [1.165, 1.54) is 74.5 Å². The zero-order valence-corrected chi connectivity index (χ0v) is 25.9. The highest BCUT2D eigenvalue weighted by molar-refractivity contribution is 5.56. The number of hydrogen-bond donors (Lipinski definition) is 2. The third kappa shape index (κ3) is 3.22. The van der Waals surface area contributed by atoms with Gasteiger partial charge in [-0.15, -0.1) is 0 Å². The van der Waals surface area contributed by atoms with Gasteiger partial charge >= 0.3 is 0 Å². The molecule has 8 aliphatic carbocycles. The smallest absolute Gasteiger partial charge is 0.0228 e. The number of hydrogen-bond acceptors (Lipinski definition) is 2. The molecule has 8 atom stereocenters. The van der Waals surface area contributed by atoms with Crippen LogP contribution in [0.15, 0.2) is 91.1 Å². The number of allylic oxidation sites excluding steroid dienone is 7. The Bertz CT molecular complexity index is 1360. The highest BCUT2D eigenvalue weighted by Gasteiger charge is 2.87. The predicted octanol–water partition coefficient (Wildman–Crippen LogP) is 8.47. The fourth-order valence-electron chi connectivity index (χ4n) is 12.4. The maximum absolute atomic E-state index is 6.55. The van der Waals surface area contributed by atoms with Crippen LogP contribution in [0.25, 0.3) is 0 Å². The van der Waals surface area contributed by atoms with Crippen molar-refractivity contribution in [1.29, 1.82) is 0 Å². The molecule has 41 heavy (non-hydrogen) atoms. The maximum Gasteiger partial charge on any atom is 0.0228 e. The Morgan fingerprint density at radius 3 is 2.44 bits per heavy atom. The summed E-state index contributed by atoms with van der Waals surface area (Å²) >= 11 is 0. The second-order valence-electron chi connectivity index (χ2n) is 15.3. The number of rotatable bonds is 4. The van der Waals surface area contributed by atoms with E-state index >= 15 is 0 Å². The fraction of sp³-hybridized carbons (Fsp3) is 0.590. The van der Waals surface area contributed by atoms with E-state index in [1.54, 1.807) is 5.57 Å². The van der Waals surface area contributed by atoms with Gasteiger partial charge in [-0.2, -0.15) is 0 Å². The first kappa shape index (κ1) is 27.7. The lowest BCUT2D eigenvalue weighted by Crippen LogP contribution is -2.46. The summed E-state index contributed by atoms with van der Waals surface area (Å²) in [5.41, 5.74) is 20.4. The Morgan fingerprint density at radius 2 is 1.78 bits per heavy atom. The quantitative estimate of drug-likeness (QED) is 0.371.